The molecule has 0 saturated heterocycles. The topological polar surface area (TPSA) is 121 Å². The molecule has 0 aromatic heterocycles. The van der Waals surface area contributed by atoms with Crippen molar-refractivity contribution in [3.05, 3.63) is 54.1 Å². The van der Waals surface area contributed by atoms with Gasteiger partial charge >= 0.3 is 0 Å². The summed E-state index contributed by atoms with van der Waals surface area (Å²) in [6, 6.07) is 9.75. The van der Waals surface area contributed by atoms with Crippen LogP contribution in [0.5, 0.6) is 11.5 Å². The molecule has 1 amide bonds. The summed E-state index contributed by atoms with van der Waals surface area (Å²) in [6.07, 6.45) is 2.77. The summed E-state index contributed by atoms with van der Waals surface area (Å²) in [5.74, 6) is -0.881. The molecule has 126 valence electrons. The van der Waals surface area contributed by atoms with Gasteiger partial charge in [-0.05, 0) is 48.0 Å². The van der Waals surface area contributed by atoms with Crippen LogP contribution in [0, 0.1) is 0 Å². The number of benzene rings is 2. The van der Waals surface area contributed by atoms with E-state index in [0.717, 1.165) is 0 Å². The Bertz CT molecular complexity index is 889. The van der Waals surface area contributed by atoms with E-state index >= 15 is 0 Å². The number of rotatable bonds is 4. The summed E-state index contributed by atoms with van der Waals surface area (Å²) in [7, 11) is -2.25. The monoisotopic (exact) mass is 348 g/mol. The van der Waals surface area contributed by atoms with Crippen LogP contribution in [0.15, 0.2) is 53.4 Å². The molecule has 4 N–H and O–H groups in total. The molecule has 0 atom stereocenters. The van der Waals surface area contributed by atoms with Crippen molar-refractivity contribution < 1.29 is 23.4 Å². The first-order chi connectivity index (χ1) is 11.2. The average Bonchev–Trinajstić information content (AvgIpc) is 2.54. The molecule has 0 aliphatic heterocycles. The van der Waals surface area contributed by atoms with E-state index in [1.165, 1.54) is 60.5 Å². The van der Waals surface area contributed by atoms with E-state index in [1.54, 1.807) is 6.07 Å². The molecule has 8 heteroatoms. The van der Waals surface area contributed by atoms with Crippen molar-refractivity contribution in [2.24, 2.45) is 5.14 Å². The van der Waals surface area contributed by atoms with E-state index in [1.807, 2.05) is 0 Å². The van der Waals surface area contributed by atoms with Crippen molar-refractivity contribution >= 4 is 27.7 Å². The number of phenolic OH excluding ortho intramolecular Hbond substituents is 2. The van der Waals surface area contributed by atoms with Crippen molar-refractivity contribution in [1.29, 1.82) is 0 Å². The number of amides is 1. The number of nitrogens with two attached hydrogens (primary N) is 1. The van der Waals surface area contributed by atoms with E-state index in [4.69, 9.17) is 5.14 Å². The summed E-state index contributed by atoms with van der Waals surface area (Å²) in [6.45, 7) is 0. The fourth-order valence-corrected chi connectivity index (χ4v) is 2.43. The molecule has 2 rings (SSSR count). The zero-order valence-electron chi connectivity index (χ0n) is 12.7. The van der Waals surface area contributed by atoms with Crippen LogP contribution in [0.3, 0.4) is 0 Å². The molecule has 0 aliphatic rings. The average molecular weight is 348 g/mol. The van der Waals surface area contributed by atoms with Crippen LogP contribution in [0.1, 0.15) is 5.56 Å². The first kappa shape index (κ1) is 17.5. The van der Waals surface area contributed by atoms with Crippen LogP contribution >= 0.6 is 0 Å². The highest BCUT2D eigenvalue weighted by Gasteiger charge is 2.11. The summed E-state index contributed by atoms with van der Waals surface area (Å²) in [4.78, 5) is 13.4. The third kappa shape index (κ3) is 4.12. The van der Waals surface area contributed by atoms with E-state index in [2.05, 4.69) is 0 Å². The first-order valence-electron chi connectivity index (χ1n) is 6.79. The van der Waals surface area contributed by atoms with Crippen LogP contribution in [0.25, 0.3) is 6.08 Å². The quantitative estimate of drug-likeness (QED) is 0.570. The number of nitrogens with zero attached hydrogens (tertiary/aromatic N) is 1. The van der Waals surface area contributed by atoms with Crippen LogP contribution in [-0.4, -0.2) is 31.6 Å². The lowest BCUT2D eigenvalue weighted by molar-refractivity contribution is -0.113. The van der Waals surface area contributed by atoms with Crippen molar-refractivity contribution in [2.75, 3.05) is 11.9 Å². The second kappa shape index (κ2) is 6.73. The third-order valence-corrected chi connectivity index (χ3v) is 4.23. The fourth-order valence-electron chi connectivity index (χ4n) is 1.91. The SMILES string of the molecule is CN(C(=O)C=Cc1ccc(O)c(O)c1)c1ccc(S(N)(=O)=O)cc1. The van der Waals surface area contributed by atoms with Crippen molar-refractivity contribution in [1.82, 2.24) is 0 Å². The highest BCUT2D eigenvalue weighted by Crippen LogP contribution is 2.25. The number of carbonyl (C=O) groups is 1. The Hall–Kier alpha value is -2.84. The number of anilines is 1. The van der Waals surface area contributed by atoms with Gasteiger partial charge in [-0.25, -0.2) is 13.6 Å². The number of primary sulfonamides is 1. The molecule has 2 aromatic rings. The second-order valence-electron chi connectivity index (χ2n) is 5.02. The number of hydrogen-bond donors (Lipinski definition) is 3. The maximum Gasteiger partial charge on any atom is 0.250 e. The predicted octanol–water partition coefficient (Wildman–Crippen LogP) is 1.42. The molecule has 0 bridgehead atoms. The van der Waals surface area contributed by atoms with E-state index in [0.29, 0.717) is 11.3 Å². The predicted molar refractivity (Wildman–Crippen MR) is 90.0 cm³/mol. The summed E-state index contributed by atoms with van der Waals surface area (Å²) in [5.41, 5.74) is 1.03. The molecular weight excluding hydrogens is 332 g/mol. The number of sulfonamides is 1. The Kier molecular flexibility index (Phi) is 4.91. The number of aromatic hydroxyl groups is 2. The third-order valence-electron chi connectivity index (χ3n) is 3.30. The van der Waals surface area contributed by atoms with Crippen LogP contribution < -0.4 is 10.0 Å². The highest BCUT2D eigenvalue weighted by atomic mass is 32.2. The van der Waals surface area contributed by atoms with Gasteiger partial charge in [-0.1, -0.05) is 6.07 Å². The van der Waals surface area contributed by atoms with Gasteiger partial charge in [0.1, 0.15) is 0 Å². The molecule has 7 nitrogen and oxygen atoms in total. The van der Waals surface area contributed by atoms with Crippen LogP contribution in [0.4, 0.5) is 5.69 Å². The highest BCUT2D eigenvalue weighted by molar-refractivity contribution is 7.89. The molecule has 0 heterocycles. The van der Waals surface area contributed by atoms with Crippen LogP contribution in [0.2, 0.25) is 0 Å². The molecule has 0 radical (unpaired) electrons. The molecule has 0 fully saturated rings. The van der Waals surface area contributed by atoms with Gasteiger partial charge in [0.2, 0.25) is 10.0 Å². The number of phenols is 2. The fraction of sp³-hybridized carbons (Fsp3) is 0.0625. The summed E-state index contributed by atoms with van der Waals surface area (Å²) in [5, 5.41) is 23.7. The van der Waals surface area contributed by atoms with Gasteiger partial charge in [-0.2, -0.15) is 0 Å². The van der Waals surface area contributed by atoms with Gasteiger partial charge < -0.3 is 15.1 Å². The zero-order chi connectivity index (χ0) is 17.9. The lowest BCUT2D eigenvalue weighted by Gasteiger charge is -2.15. The summed E-state index contributed by atoms with van der Waals surface area (Å²) < 4.78 is 22.4. The summed E-state index contributed by atoms with van der Waals surface area (Å²) >= 11 is 0. The number of carbonyl (C=O) groups excluding carboxylic acids is 1. The largest absolute Gasteiger partial charge is 0.504 e. The first-order valence-corrected chi connectivity index (χ1v) is 8.34. The molecule has 24 heavy (non-hydrogen) atoms. The van der Waals surface area contributed by atoms with E-state index in [-0.39, 0.29) is 22.3 Å². The molecule has 2 aromatic carbocycles. The van der Waals surface area contributed by atoms with Gasteiger partial charge in [-0.15, -0.1) is 0 Å². The molecule has 0 saturated carbocycles. The van der Waals surface area contributed by atoms with Crippen molar-refractivity contribution in [3.63, 3.8) is 0 Å². The van der Waals surface area contributed by atoms with Gasteiger partial charge in [0.05, 0.1) is 4.90 Å². The van der Waals surface area contributed by atoms with Crippen molar-refractivity contribution in [3.8, 4) is 11.5 Å². The second-order valence-corrected chi connectivity index (χ2v) is 6.58. The maximum absolute atomic E-state index is 12.1. The Labute approximate surface area is 139 Å². The molecular formula is C16H16N2O5S. The number of likely N-dealkylation sites (N-methyl/N-ethyl adjacent to an activating group) is 1. The Balaban J connectivity index is 2.14. The standard InChI is InChI=1S/C16H16N2O5S/c1-18(12-4-6-13(7-5-12)24(17,22)23)16(21)9-3-11-2-8-14(19)15(20)10-11/h2-10,19-20H,1H3,(H2,17,22,23). The Morgan fingerprint density at radius 1 is 1.08 bits per heavy atom. The van der Waals surface area contributed by atoms with Crippen molar-refractivity contribution in [2.45, 2.75) is 4.90 Å². The molecule has 0 unspecified atom stereocenters. The van der Waals surface area contributed by atoms with Gasteiger partial charge in [0, 0.05) is 18.8 Å². The van der Waals surface area contributed by atoms with E-state index < -0.39 is 10.0 Å². The smallest absolute Gasteiger partial charge is 0.250 e. The lowest BCUT2D eigenvalue weighted by atomic mass is 10.2. The minimum atomic E-state index is -3.78. The van der Waals surface area contributed by atoms with Crippen LogP contribution in [-0.2, 0) is 14.8 Å². The minimum absolute atomic E-state index is 0.0396. The minimum Gasteiger partial charge on any atom is -0.504 e. The van der Waals surface area contributed by atoms with E-state index in [9.17, 15) is 23.4 Å². The molecule has 0 aliphatic carbocycles. The Morgan fingerprint density at radius 2 is 1.71 bits per heavy atom. The van der Waals surface area contributed by atoms with Gasteiger partial charge in [0.15, 0.2) is 11.5 Å². The molecule has 0 spiro atoms. The lowest BCUT2D eigenvalue weighted by Crippen LogP contribution is -2.24. The normalized spacial score (nSPS) is 11.6. The van der Waals surface area contributed by atoms with Gasteiger partial charge in [-0.3, -0.25) is 4.79 Å². The Morgan fingerprint density at radius 3 is 2.25 bits per heavy atom. The zero-order valence-corrected chi connectivity index (χ0v) is 13.6. The number of hydrogen-bond acceptors (Lipinski definition) is 5. The van der Waals surface area contributed by atoms with Gasteiger partial charge in [0.25, 0.3) is 5.91 Å². The maximum atomic E-state index is 12.1.